The highest BCUT2D eigenvalue weighted by Gasteiger charge is 2.32. The molecule has 2 aromatic carbocycles. The third-order valence-corrected chi connectivity index (χ3v) is 6.61. The summed E-state index contributed by atoms with van der Waals surface area (Å²) < 4.78 is 7.80. The minimum atomic E-state index is -1.21. The van der Waals surface area contributed by atoms with E-state index in [0.717, 1.165) is 16.9 Å². The summed E-state index contributed by atoms with van der Waals surface area (Å²) in [5.41, 5.74) is 8.06. The Balaban J connectivity index is 1.52. The Labute approximate surface area is 215 Å². The van der Waals surface area contributed by atoms with Gasteiger partial charge in [-0.1, -0.05) is 42.8 Å². The first-order valence-corrected chi connectivity index (χ1v) is 12.0. The van der Waals surface area contributed by atoms with E-state index in [1.54, 1.807) is 4.90 Å². The summed E-state index contributed by atoms with van der Waals surface area (Å²) in [6, 6.07) is 17.2. The number of nitrogens with zero attached hydrogens (tertiary/aromatic N) is 4. The minimum Gasteiger partial charge on any atom is -0.457 e. The number of nitrogens with two attached hydrogens (primary N) is 1. The lowest BCUT2D eigenvalue weighted by atomic mass is 9.91. The molecule has 37 heavy (non-hydrogen) atoms. The maximum Gasteiger partial charge on any atom is 0.245 e. The molecule has 4 aromatic rings. The first-order valence-electron chi connectivity index (χ1n) is 12.0. The number of hydrogen-bond acceptors (Lipinski definition) is 6. The Bertz CT molecular complexity index is 1520. The molecule has 0 spiro atoms. The maximum absolute atomic E-state index is 11.9. The average Bonchev–Trinajstić information content (AvgIpc) is 3.21. The number of hydrogen-bond donors (Lipinski definition) is 2. The molecule has 3 N–H and O–H groups in total. The molecule has 0 unspecified atom stereocenters. The molecule has 1 saturated heterocycles. The van der Waals surface area contributed by atoms with Crippen LogP contribution in [-0.4, -0.2) is 49.1 Å². The van der Waals surface area contributed by atoms with Gasteiger partial charge < -0.3 is 25.0 Å². The molecule has 0 atom stereocenters. The van der Waals surface area contributed by atoms with Crippen LogP contribution >= 0.6 is 0 Å². The fourth-order valence-corrected chi connectivity index (χ4v) is 4.54. The number of benzene rings is 2. The minimum absolute atomic E-state index is 0.139. The van der Waals surface area contributed by atoms with Crippen molar-refractivity contribution in [2.75, 3.05) is 18.8 Å². The molecular weight excluding hydrogens is 466 g/mol. The van der Waals surface area contributed by atoms with Crippen molar-refractivity contribution in [1.82, 2.24) is 19.4 Å². The van der Waals surface area contributed by atoms with Gasteiger partial charge in [0.05, 0.1) is 5.39 Å². The number of nitrogen functional groups attached to an aromatic ring is 1. The van der Waals surface area contributed by atoms with E-state index in [-0.39, 0.29) is 5.91 Å². The molecule has 1 aliphatic heterocycles. The van der Waals surface area contributed by atoms with Crippen molar-refractivity contribution < 1.29 is 14.6 Å². The third-order valence-electron chi connectivity index (χ3n) is 6.61. The Morgan fingerprint density at radius 2 is 1.78 bits per heavy atom. The molecule has 2 aromatic heterocycles. The number of para-hydroxylation sites is 1. The molecule has 3 heterocycles. The van der Waals surface area contributed by atoms with Crippen molar-refractivity contribution in [3.8, 4) is 34.5 Å². The molecule has 0 radical (unpaired) electrons. The van der Waals surface area contributed by atoms with Crippen molar-refractivity contribution in [3.05, 3.63) is 79.3 Å². The number of amides is 1. The van der Waals surface area contributed by atoms with Crippen LogP contribution in [0, 0.1) is 11.8 Å². The topological polar surface area (TPSA) is 106 Å². The van der Waals surface area contributed by atoms with Gasteiger partial charge in [-0.3, -0.25) is 4.79 Å². The molecule has 0 saturated carbocycles. The molecule has 0 aliphatic carbocycles. The normalized spacial score (nSPS) is 14.6. The lowest BCUT2D eigenvalue weighted by Crippen LogP contribution is -2.45. The van der Waals surface area contributed by atoms with E-state index >= 15 is 0 Å². The summed E-state index contributed by atoms with van der Waals surface area (Å²) in [5, 5.41) is 11.8. The fourth-order valence-electron chi connectivity index (χ4n) is 4.54. The standard InChI is InChI=1S/C29H27N5O3/c1-3-24(35)34-17-15-29(36,16-18-34)14-13-23-25(26-27(30)31-19-32-28(26)33(23)2)20-9-11-22(12-10-20)37-21-7-5-4-6-8-21/h3-12,19,36H,1,15-18H2,2H3,(H2,30,31,32). The first-order chi connectivity index (χ1) is 17.9. The lowest BCUT2D eigenvalue weighted by Gasteiger charge is -2.34. The first kappa shape index (κ1) is 24.1. The third kappa shape index (κ3) is 4.77. The summed E-state index contributed by atoms with van der Waals surface area (Å²) in [7, 11) is 1.87. The van der Waals surface area contributed by atoms with Gasteiger partial charge in [-0.15, -0.1) is 0 Å². The van der Waals surface area contributed by atoms with Gasteiger partial charge in [0.15, 0.2) is 0 Å². The molecule has 1 aliphatic rings. The van der Waals surface area contributed by atoms with Crippen molar-refractivity contribution in [2.45, 2.75) is 18.4 Å². The van der Waals surface area contributed by atoms with Gasteiger partial charge in [0.25, 0.3) is 0 Å². The van der Waals surface area contributed by atoms with E-state index in [9.17, 15) is 9.90 Å². The number of likely N-dealkylation sites (tertiary alicyclic amines) is 1. The molecule has 8 heteroatoms. The van der Waals surface area contributed by atoms with Crippen LogP contribution in [0.15, 0.2) is 73.6 Å². The van der Waals surface area contributed by atoms with Gasteiger partial charge in [0.1, 0.15) is 40.6 Å². The van der Waals surface area contributed by atoms with E-state index in [1.165, 1.54) is 12.4 Å². The van der Waals surface area contributed by atoms with Gasteiger partial charge in [0.2, 0.25) is 5.91 Å². The zero-order chi connectivity index (χ0) is 26.0. The smallest absolute Gasteiger partial charge is 0.245 e. The van der Waals surface area contributed by atoms with Gasteiger partial charge in [-0.05, 0) is 41.8 Å². The number of anilines is 1. The molecular formula is C29H27N5O3. The van der Waals surface area contributed by atoms with Gasteiger partial charge in [-0.2, -0.15) is 0 Å². The van der Waals surface area contributed by atoms with Crippen LogP contribution in [0.4, 0.5) is 5.82 Å². The summed E-state index contributed by atoms with van der Waals surface area (Å²) in [6.07, 6.45) is 3.42. The zero-order valence-electron chi connectivity index (χ0n) is 20.5. The number of aromatic nitrogens is 3. The molecule has 8 nitrogen and oxygen atoms in total. The molecule has 1 fully saturated rings. The highest BCUT2D eigenvalue weighted by atomic mass is 16.5. The predicted molar refractivity (Wildman–Crippen MR) is 143 cm³/mol. The van der Waals surface area contributed by atoms with Crippen LogP contribution in [0.5, 0.6) is 11.5 Å². The number of aliphatic hydroxyl groups is 1. The van der Waals surface area contributed by atoms with Crippen molar-refractivity contribution >= 4 is 22.8 Å². The number of ether oxygens (including phenoxy) is 1. The Morgan fingerprint density at radius 3 is 2.46 bits per heavy atom. The Morgan fingerprint density at radius 1 is 1.11 bits per heavy atom. The monoisotopic (exact) mass is 493 g/mol. The fraction of sp³-hybridized carbons (Fsp3) is 0.207. The van der Waals surface area contributed by atoms with Gasteiger partial charge in [0, 0.05) is 38.5 Å². The Kier molecular flexibility index (Phi) is 6.38. The summed E-state index contributed by atoms with van der Waals surface area (Å²) >= 11 is 0. The number of piperidine rings is 1. The number of carbonyl (C=O) groups excluding carboxylic acids is 1. The van der Waals surface area contributed by atoms with Crippen molar-refractivity contribution in [3.63, 3.8) is 0 Å². The largest absolute Gasteiger partial charge is 0.457 e. The summed E-state index contributed by atoms with van der Waals surface area (Å²) in [6.45, 7) is 4.37. The van der Waals surface area contributed by atoms with Gasteiger partial charge >= 0.3 is 0 Å². The van der Waals surface area contributed by atoms with Crippen LogP contribution < -0.4 is 10.5 Å². The van der Waals surface area contributed by atoms with Crippen LogP contribution in [0.1, 0.15) is 18.5 Å². The quantitative estimate of drug-likeness (QED) is 0.330. The second-order valence-electron chi connectivity index (χ2n) is 8.99. The highest BCUT2D eigenvalue weighted by molar-refractivity contribution is 6.03. The number of aryl methyl sites for hydroxylation is 1. The summed E-state index contributed by atoms with van der Waals surface area (Å²) in [4.78, 5) is 22.2. The second-order valence-corrected chi connectivity index (χ2v) is 8.99. The maximum atomic E-state index is 11.9. The van der Waals surface area contributed by atoms with E-state index in [1.807, 2.05) is 66.2 Å². The van der Waals surface area contributed by atoms with Gasteiger partial charge in [-0.25, -0.2) is 9.97 Å². The van der Waals surface area contributed by atoms with Crippen LogP contribution in [0.25, 0.3) is 22.2 Å². The predicted octanol–water partition coefficient (Wildman–Crippen LogP) is 3.90. The van der Waals surface area contributed by atoms with E-state index in [4.69, 9.17) is 10.5 Å². The molecule has 1 amide bonds. The van der Waals surface area contributed by atoms with E-state index in [0.29, 0.717) is 54.2 Å². The summed E-state index contributed by atoms with van der Waals surface area (Å²) in [5.74, 6) is 7.93. The van der Waals surface area contributed by atoms with Crippen LogP contribution in [0.2, 0.25) is 0 Å². The molecule has 186 valence electrons. The number of rotatable bonds is 4. The van der Waals surface area contributed by atoms with E-state index in [2.05, 4.69) is 28.4 Å². The molecule has 5 rings (SSSR count). The Hall–Kier alpha value is -4.61. The number of fused-ring (bicyclic) bond motifs is 1. The SMILES string of the molecule is C=CC(=O)N1CCC(O)(C#Cc2c(-c3ccc(Oc4ccccc4)cc3)c3c(N)ncnc3n2C)CC1. The second kappa shape index (κ2) is 9.80. The van der Waals surface area contributed by atoms with Crippen molar-refractivity contribution in [2.24, 2.45) is 7.05 Å². The zero-order valence-corrected chi connectivity index (χ0v) is 20.5. The number of carbonyl (C=O) groups is 1. The van der Waals surface area contributed by atoms with Crippen LogP contribution in [0.3, 0.4) is 0 Å². The van der Waals surface area contributed by atoms with Crippen LogP contribution in [-0.2, 0) is 11.8 Å². The van der Waals surface area contributed by atoms with Crippen molar-refractivity contribution in [1.29, 1.82) is 0 Å². The highest BCUT2D eigenvalue weighted by Crippen LogP contribution is 2.37. The average molecular weight is 494 g/mol. The molecule has 0 bridgehead atoms. The van der Waals surface area contributed by atoms with E-state index < -0.39 is 5.60 Å². The lowest BCUT2D eigenvalue weighted by molar-refractivity contribution is -0.128.